The van der Waals surface area contributed by atoms with Gasteiger partial charge in [0.25, 0.3) is 11.8 Å². The summed E-state index contributed by atoms with van der Waals surface area (Å²) in [6.07, 6.45) is 0.851. The van der Waals surface area contributed by atoms with Gasteiger partial charge in [-0.3, -0.25) is 9.59 Å². The van der Waals surface area contributed by atoms with Crippen LogP contribution in [0.1, 0.15) is 32.7 Å². The summed E-state index contributed by atoms with van der Waals surface area (Å²) in [5.41, 5.74) is 2.69. The van der Waals surface area contributed by atoms with E-state index in [4.69, 9.17) is 0 Å². The first kappa shape index (κ1) is 21.6. The molecule has 1 N–H and O–H groups in total. The van der Waals surface area contributed by atoms with E-state index in [1.807, 2.05) is 36.1 Å². The molecule has 1 aliphatic heterocycles. The van der Waals surface area contributed by atoms with E-state index in [1.54, 1.807) is 18.2 Å². The average molecular weight is 432 g/mol. The molecule has 2 amide bonds. The molecule has 0 spiro atoms. The van der Waals surface area contributed by atoms with Gasteiger partial charge in [-0.05, 0) is 49.2 Å². The molecule has 0 radical (unpaired) electrons. The topological polar surface area (TPSA) is 52.7 Å². The van der Waals surface area contributed by atoms with Crippen molar-refractivity contribution in [3.63, 3.8) is 0 Å². The number of anilines is 2. The molecule has 0 saturated carbocycles. The summed E-state index contributed by atoms with van der Waals surface area (Å²) in [5.74, 6) is -1.30. The monoisotopic (exact) mass is 431 g/mol. The first-order valence-corrected chi connectivity index (χ1v) is 10.8. The summed E-state index contributed by atoms with van der Waals surface area (Å²) in [4.78, 5) is 30.3. The summed E-state index contributed by atoms with van der Waals surface area (Å²) in [6, 6.07) is 21.3. The van der Waals surface area contributed by atoms with Gasteiger partial charge in [0, 0.05) is 31.9 Å². The second-order valence-electron chi connectivity index (χ2n) is 7.90. The molecule has 1 saturated heterocycles. The minimum Gasteiger partial charge on any atom is -0.370 e. The van der Waals surface area contributed by atoms with Crippen molar-refractivity contribution in [3.8, 4) is 0 Å². The van der Waals surface area contributed by atoms with Crippen LogP contribution in [-0.4, -0.2) is 42.9 Å². The molecular weight excluding hydrogens is 405 g/mol. The third-order valence-corrected chi connectivity index (χ3v) is 5.76. The van der Waals surface area contributed by atoms with Gasteiger partial charge in [0.1, 0.15) is 5.82 Å². The highest BCUT2D eigenvalue weighted by Gasteiger charge is 2.24. The molecule has 1 heterocycles. The molecule has 1 aliphatic rings. The lowest BCUT2D eigenvalue weighted by atomic mass is 10.1. The zero-order valence-corrected chi connectivity index (χ0v) is 18.1. The van der Waals surface area contributed by atoms with Gasteiger partial charge in [-0.1, -0.05) is 42.5 Å². The third-order valence-electron chi connectivity index (χ3n) is 5.76. The van der Waals surface area contributed by atoms with Gasteiger partial charge >= 0.3 is 0 Å². The Morgan fingerprint density at radius 2 is 1.53 bits per heavy atom. The molecule has 0 atom stereocenters. The molecule has 0 aromatic heterocycles. The predicted molar refractivity (Wildman–Crippen MR) is 125 cm³/mol. The molecule has 3 aromatic rings. The van der Waals surface area contributed by atoms with Crippen molar-refractivity contribution in [2.45, 2.75) is 13.3 Å². The van der Waals surface area contributed by atoms with E-state index in [-0.39, 0.29) is 11.5 Å². The first-order chi connectivity index (χ1) is 15.5. The third kappa shape index (κ3) is 4.64. The average Bonchev–Trinajstić information content (AvgIpc) is 3.07. The lowest BCUT2D eigenvalue weighted by Gasteiger charge is -2.24. The van der Waals surface area contributed by atoms with Crippen molar-refractivity contribution in [3.05, 3.63) is 95.3 Å². The molecule has 0 aliphatic carbocycles. The van der Waals surface area contributed by atoms with Crippen LogP contribution in [0, 0.1) is 12.7 Å². The molecule has 164 valence electrons. The Balaban J connectivity index is 1.53. The van der Waals surface area contributed by atoms with Crippen molar-refractivity contribution in [1.29, 1.82) is 0 Å². The van der Waals surface area contributed by atoms with Crippen molar-refractivity contribution < 1.29 is 14.0 Å². The van der Waals surface area contributed by atoms with E-state index >= 15 is 0 Å². The van der Waals surface area contributed by atoms with E-state index in [1.165, 1.54) is 18.2 Å². The molecule has 3 aromatic carbocycles. The summed E-state index contributed by atoms with van der Waals surface area (Å²) >= 11 is 0. The lowest BCUT2D eigenvalue weighted by molar-refractivity contribution is 0.0768. The van der Waals surface area contributed by atoms with E-state index < -0.39 is 11.7 Å². The van der Waals surface area contributed by atoms with Crippen LogP contribution in [0.4, 0.5) is 15.8 Å². The zero-order valence-electron chi connectivity index (χ0n) is 18.1. The molecule has 6 heteroatoms. The number of amides is 2. The Kier molecular flexibility index (Phi) is 6.50. The zero-order chi connectivity index (χ0) is 22.5. The van der Waals surface area contributed by atoms with Gasteiger partial charge in [0.2, 0.25) is 0 Å². The van der Waals surface area contributed by atoms with Crippen molar-refractivity contribution in [2.75, 3.05) is 36.4 Å². The van der Waals surface area contributed by atoms with E-state index in [0.29, 0.717) is 24.3 Å². The van der Waals surface area contributed by atoms with Gasteiger partial charge in [-0.15, -0.1) is 0 Å². The van der Waals surface area contributed by atoms with Crippen LogP contribution >= 0.6 is 0 Å². The van der Waals surface area contributed by atoms with Crippen molar-refractivity contribution >= 4 is 23.2 Å². The fraction of sp³-hybridized carbons (Fsp3) is 0.231. The van der Waals surface area contributed by atoms with Crippen LogP contribution in [0.3, 0.4) is 0 Å². The molecule has 1 fully saturated rings. The van der Waals surface area contributed by atoms with E-state index in [0.717, 1.165) is 30.8 Å². The van der Waals surface area contributed by atoms with E-state index in [2.05, 4.69) is 22.3 Å². The Bertz CT molecular complexity index is 1120. The van der Waals surface area contributed by atoms with Crippen LogP contribution < -0.4 is 10.2 Å². The first-order valence-electron chi connectivity index (χ1n) is 10.8. The van der Waals surface area contributed by atoms with Gasteiger partial charge < -0.3 is 15.1 Å². The summed E-state index contributed by atoms with van der Waals surface area (Å²) in [6.45, 7) is 4.66. The Hall–Kier alpha value is -3.67. The summed E-state index contributed by atoms with van der Waals surface area (Å²) in [7, 11) is 0. The van der Waals surface area contributed by atoms with Gasteiger partial charge in [0.05, 0.1) is 16.8 Å². The lowest BCUT2D eigenvalue weighted by Crippen LogP contribution is -2.35. The minimum absolute atomic E-state index is 0.0533. The SMILES string of the molecule is Cc1cccc(C(=O)N2CCCN(c3ccccc3)CC2)c1NC(=O)c1ccccc1F. The summed E-state index contributed by atoms with van der Waals surface area (Å²) in [5, 5.41) is 2.77. The second kappa shape index (κ2) is 9.64. The number of nitrogens with zero attached hydrogens (tertiary/aromatic N) is 2. The second-order valence-corrected chi connectivity index (χ2v) is 7.90. The maximum atomic E-state index is 14.1. The minimum atomic E-state index is -0.597. The number of carbonyl (C=O) groups excluding carboxylic acids is 2. The van der Waals surface area contributed by atoms with Crippen LogP contribution in [0.2, 0.25) is 0 Å². The fourth-order valence-electron chi connectivity index (χ4n) is 4.03. The number of nitrogens with one attached hydrogen (secondary N) is 1. The van der Waals surface area contributed by atoms with Crippen molar-refractivity contribution in [2.24, 2.45) is 0 Å². The highest BCUT2D eigenvalue weighted by atomic mass is 19.1. The van der Waals surface area contributed by atoms with Gasteiger partial charge in [-0.2, -0.15) is 0 Å². The number of hydrogen-bond acceptors (Lipinski definition) is 3. The smallest absolute Gasteiger partial charge is 0.258 e. The van der Waals surface area contributed by atoms with Crippen LogP contribution in [0.15, 0.2) is 72.8 Å². The molecule has 32 heavy (non-hydrogen) atoms. The maximum Gasteiger partial charge on any atom is 0.258 e. The van der Waals surface area contributed by atoms with Crippen molar-refractivity contribution in [1.82, 2.24) is 4.90 Å². The predicted octanol–water partition coefficient (Wildman–Crippen LogP) is 4.74. The van der Waals surface area contributed by atoms with Crippen LogP contribution in [0.25, 0.3) is 0 Å². The Morgan fingerprint density at radius 1 is 0.812 bits per heavy atom. The number of carbonyl (C=O) groups is 2. The maximum absolute atomic E-state index is 14.1. The van der Waals surface area contributed by atoms with Gasteiger partial charge in [-0.25, -0.2) is 4.39 Å². The normalized spacial score (nSPS) is 14.1. The number of benzene rings is 3. The summed E-state index contributed by atoms with van der Waals surface area (Å²) < 4.78 is 14.1. The Labute approximate surface area is 187 Å². The van der Waals surface area contributed by atoms with Crippen LogP contribution in [0.5, 0.6) is 0 Å². The fourth-order valence-corrected chi connectivity index (χ4v) is 4.03. The number of hydrogen-bond donors (Lipinski definition) is 1. The number of rotatable bonds is 4. The number of aryl methyl sites for hydroxylation is 1. The molecule has 0 unspecified atom stereocenters. The Morgan fingerprint density at radius 3 is 2.31 bits per heavy atom. The number of para-hydroxylation sites is 2. The molecule has 4 rings (SSSR count). The van der Waals surface area contributed by atoms with Gasteiger partial charge in [0.15, 0.2) is 0 Å². The molecule has 5 nitrogen and oxygen atoms in total. The van der Waals surface area contributed by atoms with E-state index in [9.17, 15) is 14.0 Å². The van der Waals surface area contributed by atoms with Crippen LogP contribution in [-0.2, 0) is 0 Å². The molecule has 0 bridgehead atoms. The highest BCUT2D eigenvalue weighted by Crippen LogP contribution is 2.25. The quantitative estimate of drug-likeness (QED) is 0.649. The largest absolute Gasteiger partial charge is 0.370 e. The highest BCUT2D eigenvalue weighted by molar-refractivity contribution is 6.09. The molecular formula is C26H26FN3O2. The standard InChI is InChI=1S/C26H26FN3O2/c1-19-9-7-13-22(24(19)28-25(31)21-12-5-6-14-23(21)27)26(32)30-16-8-15-29(17-18-30)20-10-3-2-4-11-20/h2-7,9-14H,8,15-18H2,1H3,(H,28,31). The number of halogens is 1.